The topological polar surface area (TPSA) is 32.3 Å². The lowest BCUT2D eigenvalue weighted by atomic mass is 9.70. The zero-order chi connectivity index (χ0) is 13.2. The highest BCUT2D eigenvalue weighted by molar-refractivity contribution is 5.45. The lowest BCUT2D eigenvalue weighted by Crippen LogP contribution is -2.35. The van der Waals surface area contributed by atoms with Crippen molar-refractivity contribution in [3.8, 4) is 0 Å². The third-order valence-electron chi connectivity index (χ3n) is 3.89. The SMILES string of the molecule is CC1CC(Nc2ccc(CO)cc2)CC(C)(C)C1. The largest absolute Gasteiger partial charge is 0.392 e. The molecule has 1 saturated carbocycles. The van der Waals surface area contributed by atoms with Crippen LogP contribution in [-0.4, -0.2) is 11.1 Å². The average Bonchev–Trinajstić information content (AvgIpc) is 2.27. The third-order valence-corrected chi connectivity index (χ3v) is 3.89. The number of hydrogen-bond acceptors (Lipinski definition) is 2. The summed E-state index contributed by atoms with van der Waals surface area (Å²) in [4.78, 5) is 0. The fourth-order valence-electron chi connectivity index (χ4n) is 3.40. The van der Waals surface area contributed by atoms with E-state index >= 15 is 0 Å². The van der Waals surface area contributed by atoms with Gasteiger partial charge >= 0.3 is 0 Å². The van der Waals surface area contributed by atoms with Crippen molar-refractivity contribution in [2.75, 3.05) is 5.32 Å². The first-order chi connectivity index (χ1) is 8.48. The predicted molar refractivity (Wildman–Crippen MR) is 76.6 cm³/mol. The van der Waals surface area contributed by atoms with Crippen LogP contribution in [0.25, 0.3) is 0 Å². The summed E-state index contributed by atoms with van der Waals surface area (Å²) >= 11 is 0. The van der Waals surface area contributed by atoms with Gasteiger partial charge in [-0.05, 0) is 48.3 Å². The molecule has 0 amide bonds. The van der Waals surface area contributed by atoms with Gasteiger partial charge in [-0.3, -0.25) is 0 Å². The molecular weight excluding hydrogens is 222 g/mol. The predicted octanol–water partition coefficient (Wildman–Crippen LogP) is 3.81. The summed E-state index contributed by atoms with van der Waals surface area (Å²) in [6.45, 7) is 7.20. The molecule has 0 saturated heterocycles. The van der Waals surface area contributed by atoms with Crippen LogP contribution in [0.1, 0.15) is 45.6 Å². The standard InChI is InChI=1S/C16H25NO/c1-12-8-15(10-16(2,3)9-12)17-14-6-4-13(11-18)5-7-14/h4-7,12,15,17-18H,8-11H2,1-3H3. The van der Waals surface area contributed by atoms with Crippen LogP contribution in [0.15, 0.2) is 24.3 Å². The minimum Gasteiger partial charge on any atom is -0.392 e. The molecule has 2 atom stereocenters. The molecule has 2 N–H and O–H groups in total. The van der Waals surface area contributed by atoms with Gasteiger partial charge < -0.3 is 10.4 Å². The zero-order valence-electron chi connectivity index (χ0n) is 11.7. The Morgan fingerprint density at radius 2 is 1.89 bits per heavy atom. The van der Waals surface area contributed by atoms with E-state index in [-0.39, 0.29) is 6.61 Å². The lowest BCUT2D eigenvalue weighted by Gasteiger charge is -2.39. The summed E-state index contributed by atoms with van der Waals surface area (Å²) in [6.07, 6.45) is 3.82. The van der Waals surface area contributed by atoms with Crippen LogP contribution >= 0.6 is 0 Å². The van der Waals surface area contributed by atoms with Gasteiger partial charge in [0.15, 0.2) is 0 Å². The maximum absolute atomic E-state index is 9.03. The molecule has 2 nitrogen and oxygen atoms in total. The van der Waals surface area contributed by atoms with E-state index in [9.17, 15) is 0 Å². The second-order valence-corrected chi connectivity index (χ2v) is 6.61. The minimum atomic E-state index is 0.119. The maximum atomic E-state index is 9.03. The number of hydrogen-bond donors (Lipinski definition) is 2. The molecule has 2 unspecified atom stereocenters. The van der Waals surface area contributed by atoms with Gasteiger partial charge in [0.1, 0.15) is 0 Å². The van der Waals surface area contributed by atoms with E-state index in [4.69, 9.17) is 5.11 Å². The zero-order valence-corrected chi connectivity index (χ0v) is 11.7. The van der Waals surface area contributed by atoms with Crippen LogP contribution in [0.3, 0.4) is 0 Å². The molecule has 1 aromatic carbocycles. The molecule has 0 radical (unpaired) electrons. The highest BCUT2D eigenvalue weighted by Gasteiger charge is 2.31. The molecule has 0 aliphatic heterocycles. The Hall–Kier alpha value is -1.02. The molecule has 1 aromatic rings. The Kier molecular flexibility index (Phi) is 3.96. The van der Waals surface area contributed by atoms with Crippen LogP contribution in [0, 0.1) is 11.3 Å². The number of anilines is 1. The van der Waals surface area contributed by atoms with E-state index in [2.05, 4.69) is 38.2 Å². The van der Waals surface area contributed by atoms with Crippen molar-refractivity contribution in [3.63, 3.8) is 0 Å². The van der Waals surface area contributed by atoms with E-state index in [1.807, 2.05) is 12.1 Å². The first kappa shape index (κ1) is 13.4. The van der Waals surface area contributed by atoms with Gasteiger partial charge in [0.05, 0.1) is 6.61 Å². The molecule has 2 rings (SSSR count). The Morgan fingerprint density at radius 3 is 2.44 bits per heavy atom. The van der Waals surface area contributed by atoms with Crippen LogP contribution in [0.4, 0.5) is 5.69 Å². The molecule has 0 aromatic heterocycles. The highest BCUT2D eigenvalue weighted by atomic mass is 16.3. The van der Waals surface area contributed by atoms with Crippen LogP contribution in [-0.2, 0) is 6.61 Å². The van der Waals surface area contributed by atoms with E-state index in [0.29, 0.717) is 11.5 Å². The van der Waals surface area contributed by atoms with Crippen LogP contribution < -0.4 is 5.32 Å². The van der Waals surface area contributed by atoms with Crippen molar-refractivity contribution < 1.29 is 5.11 Å². The van der Waals surface area contributed by atoms with E-state index < -0.39 is 0 Å². The van der Waals surface area contributed by atoms with Crippen LogP contribution in [0.5, 0.6) is 0 Å². The number of aliphatic hydroxyl groups is 1. The van der Waals surface area contributed by atoms with Crippen molar-refractivity contribution in [2.45, 2.75) is 52.7 Å². The summed E-state index contributed by atoms with van der Waals surface area (Å²) in [5.74, 6) is 0.794. The van der Waals surface area contributed by atoms with Crippen molar-refractivity contribution >= 4 is 5.69 Å². The quantitative estimate of drug-likeness (QED) is 0.851. The molecule has 0 spiro atoms. The van der Waals surface area contributed by atoms with Gasteiger partial charge in [0.25, 0.3) is 0 Å². The first-order valence-corrected chi connectivity index (χ1v) is 6.95. The smallest absolute Gasteiger partial charge is 0.0681 e. The fraction of sp³-hybridized carbons (Fsp3) is 0.625. The molecule has 0 heterocycles. The van der Waals surface area contributed by atoms with Crippen molar-refractivity contribution in [1.29, 1.82) is 0 Å². The van der Waals surface area contributed by atoms with Gasteiger partial charge in [0.2, 0.25) is 0 Å². The Morgan fingerprint density at radius 1 is 1.22 bits per heavy atom. The second kappa shape index (κ2) is 5.31. The minimum absolute atomic E-state index is 0.119. The van der Waals surface area contributed by atoms with E-state index in [0.717, 1.165) is 11.5 Å². The van der Waals surface area contributed by atoms with Gasteiger partial charge in [-0.2, -0.15) is 0 Å². The van der Waals surface area contributed by atoms with E-state index in [1.54, 1.807) is 0 Å². The molecule has 1 aliphatic rings. The Balaban J connectivity index is 1.99. The molecule has 18 heavy (non-hydrogen) atoms. The third kappa shape index (κ3) is 3.49. The van der Waals surface area contributed by atoms with Gasteiger partial charge in [-0.15, -0.1) is 0 Å². The summed E-state index contributed by atoms with van der Waals surface area (Å²) in [5.41, 5.74) is 2.58. The normalized spacial score (nSPS) is 26.9. The van der Waals surface area contributed by atoms with E-state index in [1.165, 1.54) is 24.9 Å². The molecular formula is C16H25NO. The summed E-state index contributed by atoms with van der Waals surface area (Å²) in [6, 6.07) is 8.68. The molecule has 2 heteroatoms. The van der Waals surface area contributed by atoms with Crippen molar-refractivity contribution in [3.05, 3.63) is 29.8 Å². The molecule has 0 bridgehead atoms. The number of benzene rings is 1. The van der Waals surface area contributed by atoms with Gasteiger partial charge in [-0.25, -0.2) is 0 Å². The molecule has 1 fully saturated rings. The van der Waals surface area contributed by atoms with Crippen molar-refractivity contribution in [1.82, 2.24) is 0 Å². The first-order valence-electron chi connectivity index (χ1n) is 6.95. The van der Waals surface area contributed by atoms with Gasteiger partial charge in [-0.1, -0.05) is 32.9 Å². The number of aliphatic hydroxyl groups excluding tert-OH is 1. The van der Waals surface area contributed by atoms with Gasteiger partial charge in [0, 0.05) is 11.7 Å². The van der Waals surface area contributed by atoms with Crippen LogP contribution in [0.2, 0.25) is 0 Å². The van der Waals surface area contributed by atoms with Crippen molar-refractivity contribution in [2.24, 2.45) is 11.3 Å². The average molecular weight is 247 g/mol. The Labute approximate surface area is 110 Å². The monoisotopic (exact) mass is 247 g/mol. The second-order valence-electron chi connectivity index (χ2n) is 6.61. The molecule has 1 aliphatic carbocycles. The summed E-state index contributed by atoms with van der Waals surface area (Å²) < 4.78 is 0. The number of rotatable bonds is 3. The fourth-order valence-corrected chi connectivity index (χ4v) is 3.40. The summed E-state index contributed by atoms with van der Waals surface area (Å²) in [7, 11) is 0. The highest BCUT2D eigenvalue weighted by Crippen LogP contribution is 2.39. The Bertz CT molecular complexity index is 383. The number of nitrogens with one attached hydrogen (secondary N) is 1. The lowest BCUT2D eigenvalue weighted by molar-refractivity contribution is 0.178. The maximum Gasteiger partial charge on any atom is 0.0681 e. The summed E-state index contributed by atoms with van der Waals surface area (Å²) in [5, 5.41) is 12.7. The molecule has 100 valence electrons.